The van der Waals surface area contributed by atoms with Gasteiger partial charge in [0.15, 0.2) is 0 Å². The van der Waals surface area contributed by atoms with Gasteiger partial charge in [0.05, 0.1) is 5.02 Å². The van der Waals surface area contributed by atoms with E-state index >= 15 is 0 Å². The summed E-state index contributed by atoms with van der Waals surface area (Å²) in [4.78, 5) is -0.140. The Kier molecular flexibility index (Phi) is 4.45. The van der Waals surface area contributed by atoms with Gasteiger partial charge in [-0.25, -0.2) is 17.5 Å². The zero-order valence-corrected chi connectivity index (χ0v) is 11.7. The molecule has 0 aliphatic heterocycles. The van der Waals surface area contributed by atoms with Gasteiger partial charge in [-0.15, -0.1) is 0 Å². The van der Waals surface area contributed by atoms with E-state index in [1.165, 1.54) is 0 Å². The van der Waals surface area contributed by atoms with Gasteiger partial charge >= 0.3 is 0 Å². The van der Waals surface area contributed by atoms with Crippen LogP contribution in [0.4, 0.5) is 4.39 Å². The van der Waals surface area contributed by atoms with Gasteiger partial charge < -0.3 is 5.11 Å². The van der Waals surface area contributed by atoms with E-state index in [0.29, 0.717) is 6.42 Å². The van der Waals surface area contributed by atoms with Crippen LogP contribution in [-0.4, -0.2) is 26.2 Å². The van der Waals surface area contributed by atoms with Gasteiger partial charge in [0.25, 0.3) is 0 Å². The summed E-state index contributed by atoms with van der Waals surface area (Å²) in [5.41, 5.74) is 0. The molecule has 1 aromatic rings. The van der Waals surface area contributed by atoms with Crippen molar-refractivity contribution in [2.45, 2.75) is 30.2 Å². The fourth-order valence-electron chi connectivity index (χ4n) is 1.98. The van der Waals surface area contributed by atoms with E-state index in [-0.39, 0.29) is 28.5 Å². The maximum absolute atomic E-state index is 12.9. The molecule has 0 spiro atoms. The summed E-state index contributed by atoms with van der Waals surface area (Å²) >= 11 is 5.76. The molecule has 106 valence electrons. The average Bonchev–Trinajstić information content (AvgIpc) is 3.11. The summed E-state index contributed by atoms with van der Waals surface area (Å²) in [6, 6.07) is 2.87. The van der Waals surface area contributed by atoms with Crippen LogP contribution in [0.25, 0.3) is 0 Å². The Hall–Kier alpha value is -0.690. The van der Waals surface area contributed by atoms with Gasteiger partial charge in [-0.05, 0) is 43.4 Å². The number of sulfonamides is 1. The molecule has 2 N–H and O–H groups in total. The lowest BCUT2D eigenvalue weighted by molar-refractivity contribution is 0.265. The first kappa shape index (κ1) is 14.7. The summed E-state index contributed by atoms with van der Waals surface area (Å²) in [6.45, 7) is -0.0825. The maximum atomic E-state index is 12.9. The molecule has 4 nitrogen and oxygen atoms in total. The number of hydrogen-bond donors (Lipinski definition) is 2. The first-order valence-electron chi connectivity index (χ1n) is 6.02. The highest BCUT2D eigenvalue weighted by Crippen LogP contribution is 2.35. The standard InChI is InChI=1S/C12H15ClFNO3S/c13-10-7-9(14)3-4-12(10)19(17,18)15-11(5-6-16)8-1-2-8/h3-4,7-8,11,15-16H,1-2,5-6H2. The van der Waals surface area contributed by atoms with Crippen LogP contribution in [-0.2, 0) is 10.0 Å². The summed E-state index contributed by atoms with van der Waals surface area (Å²) in [5, 5.41) is 8.81. The Labute approximate surface area is 116 Å². The van der Waals surface area contributed by atoms with Crippen molar-refractivity contribution in [3.8, 4) is 0 Å². The molecule has 1 saturated carbocycles. The fourth-order valence-corrected chi connectivity index (χ4v) is 3.86. The van der Waals surface area contributed by atoms with Crippen molar-refractivity contribution in [3.63, 3.8) is 0 Å². The Morgan fingerprint density at radius 1 is 1.47 bits per heavy atom. The third-order valence-corrected chi connectivity index (χ3v) is 5.09. The first-order chi connectivity index (χ1) is 8.94. The molecule has 1 unspecified atom stereocenters. The van der Waals surface area contributed by atoms with Crippen LogP contribution in [0.5, 0.6) is 0 Å². The zero-order valence-electron chi connectivity index (χ0n) is 10.1. The molecule has 1 aromatic carbocycles. The van der Waals surface area contributed by atoms with Gasteiger partial charge in [0.2, 0.25) is 10.0 Å². The largest absolute Gasteiger partial charge is 0.396 e. The van der Waals surface area contributed by atoms with Crippen LogP contribution >= 0.6 is 11.6 Å². The lowest BCUT2D eigenvalue weighted by Gasteiger charge is -2.17. The van der Waals surface area contributed by atoms with Crippen LogP contribution in [0, 0.1) is 11.7 Å². The minimum Gasteiger partial charge on any atom is -0.396 e. The molecular weight excluding hydrogens is 293 g/mol. The number of nitrogens with one attached hydrogen (secondary N) is 1. The molecule has 0 amide bonds. The van der Waals surface area contributed by atoms with Crippen molar-refractivity contribution in [1.29, 1.82) is 0 Å². The molecule has 19 heavy (non-hydrogen) atoms. The summed E-state index contributed by atoms with van der Waals surface area (Å²) < 4.78 is 39.8. The van der Waals surface area contributed by atoms with Crippen LogP contribution in [0.3, 0.4) is 0 Å². The molecular formula is C12H15ClFNO3S. The number of aliphatic hydroxyl groups is 1. The van der Waals surface area contributed by atoms with E-state index in [4.69, 9.17) is 16.7 Å². The smallest absolute Gasteiger partial charge is 0.242 e. The fraction of sp³-hybridized carbons (Fsp3) is 0.500. The SMILES string of the molecule is O=S(=O)(NC(CCO)C1CC1)c1ccc(F)cc1Cl. The van der Waals surface area contributed by atoms with E-state index < -0.39 is 15.8 Å². The van der Waals surface area contributed by atoms with Gasteiger partial charge in [0, 0.05) is 12.6 Å². The molecule has 0 bridgehead atoms. The number of hydrogen-bond acceptors (Lipinski definition) is 3. The highest BCUT2D eigenvalue weighted by atomic mass is 35.5. The lowest BCUT2D eigenvalue weighted by Crippen LogP contribution is -2.37. The Morgan fingerprint density at radius 3 is 2.68 bits per heavy atom. The van der Waals surface area contributed by atoms with Crippen molar-refractivity contribution < 1.29 is 17.9 Å². The van der Waals surface area contributed by atoms with Crippen molar-refractivity contribution in [2.24, 2.45) is 5.92 Å². The average molecular weight is 308 g/mol. The maximum Gasteiger partial charge on any atom is 0.242 e. The summed E-state index contributed by atoms with van der Waals surface area (Å²) in [5.74, 6) is -0.320. The minimum atomic E-state index is -3.79. The van der Waals surface area contributed by atoms with E-state index in [2.05, 4.69) is 4.72 Å². The second kappa shape index (κ2) is 5.75. The molecule has 0 saturated heterocycles. The molecule has 1 aliphatic carbocycles. The van der Waals surface area contributed by atoms with Crippen molar-refractivity contribution in [3.05, 3.63) is 29.0 Å². The summed E-state index contributed by atoms with van der Waals surface area (Å²) in [6.07, 6.45) is 2.26. The van der Waals surface area contributed by atoms with Crippen molar-refractivity contribution in [2.75, 3.05) is 6.61 Å². The lowest BCUT2D eigenvalue weighted by atomic mass is 10.1. The second-order valence-electron chi connectivity index (χ2n) is 4.65. The molecule has 0 aromatic heterocycles. The van der Waals surface area contributed by atoms with Crippen molar-refractivity contribution in [1.82, 2.24) is 4.72 Å². The number of aliphatic hydroxyl groups excluding tert-OH is 1. The van der Waals surface area contributed by atoms with E-state index in [9.17, 15) is 12.8 Å². The highest BCUT2D eigenvalue weighted by Gasteiger charge is 2.34. The first-order valence-corrected chi connectivity index (χ1v) is 7.88. The monoisotopic (exact) mass is 307 g/mol. The topological polar surface area (TPSA) is 66.4 Å². The summed E-state index contributed by atoms with van der Waals surface area (Å²) in [7, 11) is -3.79. The molecule has 1 fully saturated rings. The van der Waals surface area contributed by atoms with Crippen LogP contribution in [0.2, 0.25) is 5.02 Å². The van der Waals surface area contributed by atoms with Gasteiger partial charge in [-0.1, -0.05) is 11.6 Å². The minimum absolute atomic E-state index is 0.0825. The number of benzene rings is 1. The van der Waals surface area contributed by atoms with Gasteiger partial charge in [-0.2, -0.15) is 0 Å². The van der Waals surface area contributed by atoms with E-state index in [1.54, 1.807) is 0 Å². The van der Waals surface area contributed by atoms with Crippen LogP contribution in [0.1, 0.15) is 19.3 Å². The zero-order chi connectivity index (χ0) is 14.0. The number of halogens is 2. The third kappa shape index (κ3) is 3.66. The molecule has 1 atom stereocenters. The Bertz CT molecular complexity index is 560. The van der Waals surface area contributed by atoms with Crippen LogP contribution in [0.15, 0.2) is 23.1 Å². The molecule has 0 radical (unpaired) electrons. The van der Waals surface area contributed by atoms with Gasteiger partial charge in [0.1, 0.15) is 10.7 Å². The predicted octanol–water partition coefficient (Wildman–Crippen LogP) is 1.92. The number of rotatable bonds is 6. The van der Waals surface area contributed by atoms with E-state index in [0.717, 1.165) is 31.0 Å². The highest BCUT2D eigenvalue weighted by molar-refractivity contribution is 7.89. The van der Waals surface area contributed by atoms with Crippen molar-refractivity contribution >= 4 is 21.6 Å². The Balaban J connectivity index is 2.21. The van der Waals surface area contributed by atoms with Crippen LogP contribution < -0.4 is 4.72 Å². The quantitative estimate of drug-likeness (QED) is 0.844. The molecule has 1 aliphatic rings. The Morgan fingerprint density at radius 2 is 2.16 bits per heavy atom. The van der Waals surface area contributed by atoms with Gasteiger partial charge in [-0.3, -0.25) is 0 Å². The second-order valence-corrected chi connectivity index (χ2v) is 6.74. The normalized spacial score (nSPS) is 17.4. The third-order valence-electron chi connectivity index (χ3n) is 3.12. The molecule has 2 rings (SSSR count). The van der Waals surface area contributed by atoms with E-state index in [1.807, 2.05) is 0 Å². The molecule has 7 heteroatoms. The molecule has 0 heterocycles. The predicted molar refractivity (Wildman–Crippen MR) is 69.9 cm³/mol.